The standard InChI is InChI=1S/C54H44N2/c1-3-39(35-38(2)47-23-10-13-26-51(47)55-52-27-14-11-24-48(52)43-19-8-5-9-20-43)45-33-34-54-50(37-45)49-25-12-15-28-53(49)56(54)46-22-16-21-44(36-46)42-31-29-41(30-32-42)40-17-6-4-7-18-40/h3-26,28-37,39,52,55H,1,27H2,2H3/b38-35+. The molecular weight excluding hydrogens is 677 g/mol. The second kappa shape index (κ2) is 15.5. The van der Waals surface area contributed by atoms with E-state index in [4.69, 9.17) is 0 Å². The van der Waals surface area contributed by atoms with Crippen LogP contribution in [0.2, 0.25) is 0 Å². The average molecular weight is 721 g/mol. The molecule has 0 amide bonds. The zero-order valence-electron chi connectivity index (χ0n) is 31.6. The Balaban J connectivity index is 1.03. The van der Waals surface area contributed by atoms with Crippen molar-refractivity contribution in [3.63, 3.8) is 0 Å². The molecule has 56 heavy (non-hydrogen) atoms. The molecule has 0 saturated heterocycles. The Morgan fingerprint density at radius 1 is 0.625 bits per heavy atom. The van der Waals surface area contributed by atoms with E-state index in [-0.39, 0.29) is 12.0 Å². The van der Waals surface area contributed by atoms with E-state index in [1.54, 1.807) is 0 Å². The summed E-state index contributed by atoms with van der Waals surface area (Å²) in [6.07, 6.45) is 12.0. The number of allylic oxidation sites excluding steroid dienone is 5. The van der Waals surface area contributed by atoms with Crippen LogP contribution in [-0.2, 0) is 0 Å². The SMILES string of the molecule is C=CC(/C=C(\C)c1ccccc1NC1CC=CC=C1c1ccccc1)c1ccc2c(c1)c1ccccc1n2-c1cccc(-c2ccc(-c3ccccc3)cc2)c1. The fourth-order valence-electron chi connectivity index (χ4n) is 8.28. The molecule has 1 aromatic heterocycles. The van der Waals surface area contributed by atoms with Crippen molar-refractivity contribution in [2.45, 2.75) is 25.3 Å². The first kappa shape index (κ1) is 34.8. The zero-order valence-corrected chi connectivity index (χ0v) is 31.6. The molecule has 270 valence electrons. The van der Waals surface area contributed by atoms with Crippen LogP contribution in [0.25, 0.3) is 60.9 Å². The largest absolute Gasteiger partial charge is 0.377 e. The van der Waals surface area contributed by atoms with Gasteiger partial charge in [-0.05, 0) is 94.3 Å². The van der Waals surface area contributed by atoms with Crippen LogP contribution < -0.4 is 5.32 Å². The second-order valence-corrected chi connectivity index (χ2v) is 14.6. The summed E-state index contributed by atoms with van der Waals surface area (Å²) in [6.45, 7) is 6.54. The van der Waals surface area contributed by atoms with Crippen molar-refractivity contribution in [1.82, 2.24) is 4.57 Å². The Labute approximate surface area is 330 Å². The van der Waals surface area contributed by atoms with Gasteiger partial charge in [-0.1, -0.05) is 170 Å². The molecule has 0 bridgehead atoms. The number of fused-ring (bicyclic) bond motifs is 3. The Hall–Kier alpha value is -6.90. The molecule has 1 aliphatic rings. The van der Waals surface area contributed by atoms with E-state index in [2.05, 4.69) is 230 Å². The van der Waals surface area contributed by atoms with Crippen molar-refractivity contribution in [1.29, 1.82) is 0 Å². The van der Waals surface area contributed by atoms with Crippen LogP contribution in [0.15, 0.2) is 213 Å². The van der Waals surface area contributed by atoms with Crippen LogP contribution in [0.4, 0.5) is 5.69 Å². The topological polar surface area (TPSA) is 17.0 Å². The van der Waals surface area contributed by atoms with Crippen LogP contribution in [-0.4, -0.2) is 10.6 Å². The quantitative estimate of drug-likeness (QED) is 0.139. The van der Waals surface area contributed by atoms with Gasteiger partial charge in [0.05, 0.1) is 17.1 Å². The van der Waals surface area contributed by atoms with Crippen molar-refractivity contribution in [3.05, 3.63) is 230 Å². The molecule has 2 unspecified atom stereocenters. The summed E-state index contributed by atoms with van der Waals surface area (Å²) in [5, 5.41) is 6.38. The maximum absolute atomic E-state index is 4.32. The van der Waals surface area contributed by atoms with Gasteiger partial charge < -0.3 is 9.88 Å². The fourth-order valence-corrected chi connectivity index (χ4v) is 8.28. The summed E-state index contributed by atoms with van der Waals surface area (Å²) in [6, 6.07) is 63.6. The van der Waals surface area contributed by atoms with Crippen LogP contribution in [0.1, 0.15) is 36.0 Å². The Morgan fingerprint density at radius 3 is 2.05 bits per heavy atom. The van der Waals surface area contributed by atoms with Crippen LogP contribution >= 0.6 is 0 Å². The maximum atomic E-state index is 4.32. The highest BCUT2D eigenvalue weighted by Gasteiger charge is 2.19. The summed E-state index contributed by atoms with van der Waals surface area (Å²) in [4.78, 5) is 0. The highest BCUT2D eigenvalue weighted by molar-refractivity contribution is 6.09. The fraction of sp³-hybridized carbons (Fsp3) is 0.0741. The minimum absolute atomic E-state index is 0.0362. The molecule has 0 aliphatic heterocycles. The molecule has 0 saturated carbocycles. The van der Waals surface area contributed by atoms with Crippen LogP contribution in [0.3, 0.4) is 0 Å². The number of anilines is 1. The molecule has 8 aromatic rings. The van der Waals surface area contributed by atoms with Crippen molar-refractivity contribution in [3.8, 4) is 27.9 Å². The number of para-hydroxylation sites is 2. The summed E-state index contributed by atoms with van der Waals surface area (Å²) in [5.41, 5.74) is 15.7. The molecule has 1 N–H and O–H groups in total. The molecule has 0 radical (unpaired) electrons. The van der Waals surface area contributed by atoms with Gasteiger partial charge in [0, 0.05) is 33.6 Å². The average Bonchev–Trinajstić information content (AvgIpc) is 3.60. The number of nitrogens with zero attached hydrogens (tertiary/aromatic N) is 1. The molecule has 1 heterocycles. The Morgan fingerprint density at radius 2 is 1.27 bits per heavy atom. The van der Waals surface area contributed by atoms with Gasteiger partial charge in [0.2, 0.25) is 0 Å². The van der Waals surface area contributed by atoms with Gasteiger partial charge in [0.1, 0.15) is 0 Å². The molecule has 7 aromatic carbocycles. The Kier molecular flexibility index (Phi) is 9.61. The van der Waals surface area contributed by atoms with Gasteiger partial charge in [-0.25, -0.2) is 0 Å². The van der Waals surface area contributed by atoms with E-state index < -0.39 is 0 Å². The molecule has 2 nitrogen and oxygen atoms in total. The summed E-state index contributed by atoms with van der Waals surface area (Å²) in [7, 11) is 0. The number of hydrogen-bond acceptors (Lipinski definition) is 1. The van der Waals surface area contributed by atoms with Crippen molar-refractivity contribution >= 4 is 38.6 Å². The number of rotatable bonds is 10. The Bertz CT molecular complexity index is 2760. The normalized spacial score (nSPS) is 14.8. The van der Waals surface area contributed by atoms with Gasteiger partial charge >= 0.3 is 0 Å². The molecule has 9 rings (SSSR count). The van der Waals surface area contributed by atoms with Gasteiger partial charge in [-0.2, -0.15) is 0 Å². The first-order valence-corrected chi connectivity index (χ1v) is 19.5. The third-order valence-corrected chi connectivity index (χ3v) is 11.1. The predicted molar refractivity (Wildman–Crippen MR) is 240 cm³/mol. The first-order valence-electron chi connectivity index (χ1n) is 19.5. The predicted octanol–water partition coefficient (Wildman–Crippen LogP) is 14.3. The molecule has 2 atom stereocenters. The van der Waals surface area contributed by atoms with Gasteiger partial charge in [0.15, 0.2) is 0 Å². The minimum atomic E-state index is 0.0362. The third kappa shape index (κ3) is 6.83. The summed E-state index contributed by atoms with van der Waals surface area (Å²) in [5.74, 6) is 0.0362. The number of nitrogens with one attached hydrogen (secondary N) is 1. The molecule has 2 heteroatoms. The van der Waals surface area contributed by atoms with Gasteiger partial charge in [-0.3, -0.25) is 0 Å². The van der Waals surface area contributed by atoms with Crippen molar-refractivity contribution < 1.29 is 0 Å². The van der Waals surface area contributed by atoms with Crippen molar-refractivity contribution in [2.24, 2.45) is 0 Å². The number of hydrogen-bond donors (Lipinski definition) is 1. The van der Waals surface area contributed by atoms with E-state index in [9.17, 15) is 0 Å². The molecular formula is C54H44N2. The molecule has 1 aliphatic carbocycles. The summed E-state index contributed by atoms with van der Waals surface area (Å²) < 4.78 is 2.40. The number of benzene rings is 7. The molecule has 0 spiro atoms. The lowest BCUT2D eigenvalue weighted by Gasteiger charge is -2.26. The van der Waals surface area contributed by atoms with Crippen LogP contribution in [0.5, 0.6) is 0 Å². The molecule has 0 fully saturated rings. The lowest BCUT2D eigenvalue weighted by molar-refractivity contribution is 0.901. The van der Waals surface area contributed by atoms with E-state index >= 15 is 0 Å². The summed E-state index contributed by atoms with van der Waals surface area (Å²) >= 11 is 0. The minimum Gasteiger partial charge on any atom is -0.377 e. The van der Waals surface area contributed by atoms with E-state index in [1.807, 2.05) is 0 Å². The van der Waals surface area contributed by atoms with Crippen LogP contribution in [0, 0.1) is 0 Å². The van der Waals surface area contributed by atoms with E-state index in [0.29, 0.717) is 0 Å². The monoisotopic (exact) mass is 720 g/mol. The van der Waals surface area contributed by atoms with Gasteiger partial charge in [-0.15, -0.1) is 6.58 Å². The first-order chi connectivity index (χ1) is 27.6. The highest BCUT2D eigenvalue weighted by atomic mass is 15.0. The smallest absolute Gasteiger partial charge is 0.0554 e. The van der Waals surface area contributed by atoms with E-state index in [1.165, 1.54) is 71.9 Å². The zero-order chi connectivity index (χ0) is 37.8. The number of aromatic nitrogens is 1. The van der Waals surface area contributed by atoms with Gasteiger partial charge in [0.25, 0.3) is 0 Å². The van der Waals surface area contributed by atoms with E-state index in [0.717, 1.165) is 17.8 Å². The maximum Gasteiger partial charge on any atom is 0.0554 e. The lowest BCUT2D eigenvalue weighted by Crippen LogP contribution is -2.22. The third-order valence-electron chi connectivity index (χ3n) is 11.1. The highest BCUT2D eigenvalue weighted by Crippen LogP contribution is 2.37. The second-order valence-electron chi connectivity index (χ2n) is 14.6. The van der Waals surface area contributed by atoms with Crippen molar-refractivity contribution in [2.75, 3.05) is 5.32 Å². The lowest BCUT2D eigenvalue weighted by atomic mass is 9.91.